The van der Waals surface area contributed by atoms with E-state index in [1.54, 1.807) is 12.0 Å². The van der Waals surface area contributed by atoms with E-state index in [0.29, 0.717) is 19.7 Å². The summed E-state index contributed by atoms with van der Waals surface area (Å²) in [4.78, 5) is 30.2. The molecular formula is C20H32N4O3. The number of anilines is 2. The molecule has 1 aliphatic heterocycles. The number of nitrogens with one attached hydrogen (secondary N) is 1. The van der Waals surface area contributed by atoms with Gasteiger partial charge in [-0.1, -0.05) is 0 Å². The number of rotatable bonds is 9. The van der Waals surface area contributed by atoms with Crippen LogP contribution in [-0.2, 0) is 14.3 Å². The number of likely N-dealkylation sites (N-methyl/N-ethyl adjacent to an activating group) is 1. The Morgan fingerprint density at radius 1 is 1.11 bits per heavy atom. The first-order valence-corrected chi connectivity index (χ1v) is 9.57. The van der Waals surface area contributed by atoms with Gasteiger partial charge in [0.2, 0.25) is 11.8 Å². The number of carbonyl (C=O) groups is 2. The molecule has 0 saturated carbocycles. The number of amides is 2. The van der Waals surface area contributed by atoms with Gasteiger partial charge in [0.1, 0.15) is 0 Å². The van der Waals surface area contributed by atoms with Gasteiger partial charge in [0.15, 0.2) is 0 Å². The third-order valence-corrected chi connectivity index (χ3v) is 4.85. The number of benzene rings is 1. The van der Waals surface area contributed by atoms with Gasteiger partial charge in [-0.2, -0.15) is 0 Å². The van der Waals surface area contributed by atoms with Crippen molar-refractivity contribution in [2.75, 3.05) is 70.2 Å². The summed E-state index contributed by atoms with van der Waals surface area (Å²) in [5.74, 6) is -0.101. The third kappa shape index (κ3) is 7.19. The predicted octanol–water partition coefficient (Wildman–Crippen LogP) is 1.65. The molecule has 1 heterocycles. The fourth-order valence-electron chi connectivity index (χ4n) is 3.11. The minimum absolute atomic E-state index is 0.0181. The van der Waals surface area contributed by atoms with E-state index in [-0.39, 0.29) is 18.2 Å². The number of methoxy groups -OCH3 is 1. The average molecular weight is 377 g/mol. The Balaban J connectivity index is 1.78. The maximum atomic E-state index is 12.2. The third-order valence-electron chi connectivity index (χ3n) is 4.85. The van der Waals surface area contributed by atoms with Crippen molar-refractivity contribution in [3.8, 4) is 0 Å². The predicted molar refractivity (Wildman–Crippen MR) is 108 cm³/mol. The monoisotopic (exact) mass is 376 g/mol. The van der Waals surface area contributed by atoms with Crippen molar-refractivity contribution in [2.45, 2.75) is 19.8 Å². The van der Waals surface area contributed by atoms with E-state index < -0.39 is 0 Å². The number of carbonyl (C=O) groups excluding carboxylic acids is 2. The molecule has 0 spiro atoms. The van der Waals surface area contributed by atoms with Crippen LogP contribution >= 0.6 is 0 Å². The Labute approximate surface area is 162 Å². The normalized spacial score (nSPS) is 14.9. The maximum Gasteiger partial charge on any atom is 0.226 e. The summed E-state index contributed by atoms with van der Waals surface area (Å²) < 4.78 is 5.01. The lowest BCUT2D eigenvalue weighted by Gasteiger charge is -2.34. The van der Waals surface area contributed by atoms with Crippen LogP contribution < -0.4 is 10.2 Å². The first-order valence-electron chi connectivity index (χ1n) is 9.57. The lowest BCUT2D eigenvalue weighted by atomic mass is 10.2. The summed E-state index contributed by atoms with van der Waals surface area (Å²) in [6, 6.07) is 7.97. The number of ether oxygens (including phenoxy) is 1. The highest BCUT2D eigenvalue weighted by molar-refractivity contribution is 5.91. The minimum Gasteiger partial charge on any atom is -0.385 e. The van der Waals surface area contributed by atoms with Gasteiger partial charge < -0.3 is 24.8 Å². The summed E-state index contributed by atoms with van der Waals surface area (Å²) in [6.07, 6.45) is 1.05. The van der Waals surface area contributed by atoms with Gasteiger partial charge in [0.25, 0.3) is 0 Å². The second-order valence-corrected chi connectivity index (χ2v) is 6.99. The maximum absolute atomic E-state index is 12.2. The first kappa shape index (κ1) is 21.2. The van der Waals surface area contributed by atoms with Crippen LogP contribution in [-0.4, -0.2) is 81.6 Å². The van der Waals surface area contributed by atoms with Crippen LogP contribution in [0, 0.1) is 0 Å². The molecule has 0 radical (unpaired) electrons. The second-order valence-electron chi connectivity index (χ2n) is 6.99. The molecule has 1 aromatic rings. The molecule has 0 aliphatic carbocycles. The number of hydrogen-bond acceptors (Lipinski definition) is 5. The smallest absolute Gasteiger partial charge is 0.226 e. The Hall–Kier alpha value is -2.12. The molecule has 0 bridgehead atoms. The molecule has 2 rings (SSSR count). The van der Waals surface area contributed by atoms with Gasteiger partial charge in [-0.3, -0.25) is 9.59 Å². The highest BCUT2D eigenvalue weighted by Crippen LogP contribution is 2.19. The quantitative estimate of drug-likeness (QED) is 0.664. The van der Waals surface area contributed by atoms with Crippen molar-refractivity contribution in [3.63, 3.8) is 0 Å². The van der Waals surface area contributed by atoms with Crippen molar-refractivity contribution in [2.24, 2.45) is 0 Å². The zero-order valence-electron chi connectivity index (χ0n) is 16.7. The summed E-state index contributed by atoms with van der Waals surface area (Å²) >= 11 is 0. The first-order chi connectivity index (χ1) is 13.0. The van der Waals surface area contributed by atoms with E-state index in [1.807, 2.05) is 24.3 Å². The van der Waals surface area contributed by atoms with Crippen molar-refractivity contribution >= 4 is 23.2 Å². The largest absolute Gasteiger partial charge is 0.385 e. The molecule has 1 aromatic carbocycles. The van der Waals surface area contributed by atoms with Crippen LogP contribution in [0.25, 0.3) is 0 Å². The summed E-state index contributed by atoms with van der Waals surface area (Å²) in [6.45, 7) is 7.33. The summed E-state index contributed by atoms with van der Waals surface area (Å²) in [7, 11) is 3.78. The fraction of sp³-hybridized carbons (Fsp3) is 0.600. The molecular weight excluding hydrogens is 344 g/mol. The van der Waals surface area contributed by atoms with Gasteiger partial charge in [-0.15, -0.1) is 0 Å². The molecule has 0 atom stereocenters. The van der Waals surface area contributed by atoms with Crippen LogP contribution in [0.3, 0.4) is 0 Å². The van der Waals surface area contributed by atoms with E-state index in [2.05, 4.69) is 22.2 Å². The highest BCUT2D eigenvalue weighted by Gasteiger charge is 2.14. The Morgan fingerprint density at radius 2 is 1.78 bits per heavy atom. The lowest BCUT2D eigenvalue weighted by Crippen LogP contribution is -2.44. The zero-order valence-corrected chi connectivity index (χ0v) is 16.7. The van der Waals surface area contributed by atoms with Crippen molar-refractivity contribution in [3.05, 3.63) is 24.3 Å². The van der Waals surface area contributed by atoms with E-state index in [4.69, 9.17) is 4.74 Å². The molecule has 27 heavy (non-hydrogen) atoms. The fourth-order valence-corrected chi connectivity index (χ4v) is 3.11. The SMILES string of the molecule is COCCCN(CCC(=O)Nc1ccc(N2CCN(C)CC2)cc1)C(C)=O. The molecule has 2 amide bonds. The Bertz CT molecular complexity index is 598. The topological polar surface area (TPSA) is 65.1 Å². The molecule has 7 nitrogen and oxygen atoms in total. The van der Waals surface area contributed by atoms with E-state index in [1.165, 1.54) is 12.6 Å². The van der Waals surface area contributed by atoms with E-state index >= 15 is 0 Å². The molecule has 0 unspecified atom stereocenters. The number of nitrogens with zero attached hydrogens (tertiary/aromatic N) is 3. The molecule has 1 saturated heterocycles. The van der Waals surface area contributed by atoms with Gasteiger partial charge in [0, 0.05) is 77.7 Å². The van der Waals surface area contributed by atoms with Gasteiger partial charge in [-0.25, -0.2) is 0 Å². The lowest BCUT2D eigenvalue weighted by molar-refractivity contribution is -0.129. The van der Waals surface area contributed by atoms with Crippen LogP contribution in [0.4, 0.5) is 11.4 Å². The second kappa shape index (κ2) is 10.9. The van der Waals surface area contributed by atoms with Gasteiger partial charge >= 0.3 is 0 Å². The van der Waals surface area contributed by atoms with E-state index in [9.17, 15) is 9.59 Å². The van der Waals surface area contributed by atoms with Crippen molar-refractivity contribution in [1.29, 1.82) is 0 Å². The molecule has 1 aliphatic rings. The standard InChI is InChI=1S/C20H32N4O3/c1-17(25)23(10-4-16-27-3)11-9-20(26)21-18-5-7-19(8-6-18)24-14-12-22(2)13-15-24/h5-8H,4,9-16H2,1-3H3,(H,21,26). The number of hydrogen-bond donors (Lipinski definition) is 1. The zero-order chi connectivity index (χ0) is 19.6. The van der Waals surface area contributed by atoms with Crippen LogP contribution in [0.5, 0.6) is 0 Å². The van der Waals surface area contributed by atoms with Crippen LogP contribution in [0.2, 0.25) is 0 Å². The van der Waals surface area contributed by atoms with E-state index in [0.717, 1.165) is 38.3 Å². The van der Waals surface area contributed by atoms with Gasteiger partial charge in [0.05, 0.1) is 0 Å². The summed E-state index contributed by atoms with van der Waals surface area (Å²) in [5.41, 5.74) is 1.97. The molecule has 150 valence electrons. The highest BCUT2D eigenvalue weighted by atomic mass is 16.5. The molecule has 1 fully saturated rings. The Morgan fingerprint density at radius 3 is 2.37 bits per heavy atom. The van der Waals surface area contributed by atoms with Crippen LogP contribution in [0.15, 0.2) is 24.3 Å². The van der Waals surface area contributed by atoms with Gasteiger partial charge in [-0.05, 0) is 37.7 Å². The molecule has 7 heteroatoms. The van der Waals surface area contributed by atoms with Crippen molar-refractivity contribution < 1.29 is 14.3 Å². The average Bonchev–Trinajstić information content (AvgIpc) is 2.65. The summed E-state index contributed by atoms with van der Waals surface area (Å²) in [5, 5.41) is 2.91. The molecule has 0 aromatic heterocycles. The Kier molecular flexibility index (Phi) is 8.54. The van der Waals surface area contributed by atoms with Crippen molar-refractivity contribution in [1.82, 2.24) is 9.80 Å². The number of piperazine rings is 1. The molecule has 1 N–H and O–H groups in total. The van der Waals surface area contributed by atoms with Crippen LogP contribution in [0.1, 0.15) is 19.8 Å². The minimum atomic E-state index is -0.0830.